The van der Waals surface area contributed by atoms with E-state index in [-0.39, 0.29) is 6.61 Å². The van der Waals surface area contributed by atoms with Gasteiger partial charge in [-0.3, -0.25) is 0 Å². The van der Waals surface area contributed by atoms with Crippen molar-refractivity contribution in [3.63, 3.8) is 0 Å². The fourth-order valence-electron chi connectivity index (χ4n) is 2.16. The third-order valence-electron chi connectivity index (χ3n) is 3.05. The monoisotopic (exact) mass is 244 g/mol. The molecule has 1 heterocycles. The molecule has 0 amide bonds. The first-order chi connectivity index (χ1) is 8.72. The summed E-state index contributed by atoms with van der Waals surface area (Å²) >= 11 is 0. The van der Waals surface area contributed by atoms with Crippen molar-refractivity contribution in [2.45, 2.75) is 20.3 Å². The molecule has 1 aromatic carbocycles. The minimum absolute atomic E-state index is 0.227. The number of aromatic nitrogens is 1. The van der Waals surface area contributed by atoms with Gasteiger partial charge in [-0.15, -0.1) is 0 Å². The molecule has 0 bridgehead atoms. The summed E-state index contributed by atoms with van der Waals surface area (Å²) in [5.41, 5.74) is 4.87. The first kappa shape index (κ1) is 12.7. The van der Waals surface area contributed by atoms with Crippen LogP contribution in [0.25, 0.3) is 5.69 Å². The van der Waals surface area contributed by atoms with Gasteiger partial charge in [-0.1, -0.05) is 18.2 Å². The summed E-state index contributed by atoms with van der Waals surface area (Å²) in [6, 6.07) is 8.39. The van der Waals surface area contributed by atoms with E-state index < -0.39 is 0 Å². The molecule has 18 heavy (non-hydrogen) atoms. The standard InChI is InChI=1S/C15H20N2O/c1-12-5-3-6-13(2)15(12)17-9-7-14(11-17)16-8-4-10-18/h3,5-7,9,11,16,18H,4,8,10H2,1-2H3. The van der Waals surface area contributed by atoms with Crippen molar-refractivity contribution < 1.29 is 5.11 Å². The molecule has 3 nitrogen and oxygen atoms in total. The van der Waals surface area contributed by atoms with E-state index in [1.807, 2.05) is 0 Å². The molecule has 2 aromatic rings. The molecule has 0 spiro atoms. The van der Waals surface area contributed by atoms with Gasteiger partial charge in [0.1, 0.15) is 0 Å². The SMILES string of the molecule is Cc1cccc(C)c1-n1ccc(NCCCO)c1. The predicted octanol–water partition coefficient (Wildman–Crippen LogP) is 2.89. The second-order valence-electron chi connectivity index (χ2n) is 4.55. The lowest BCUT2D eigenvalue weighted by Gasteiger charge is -2.10. The number of aryl methyl sites for hydroxylation is 2. The van der Waals surface area contributed by atoms with E-state index in [0.29, 0.717) is 0 Å². The Morgan fingerprint density at radius 2 is 1.89 bits per heavy atom. The summed E-state index contributed by atoms with van der Waals surface area (Å²) < 4.78 is 2.14. The topological polar surface area (TPSA) is 37.2 Å². The van der Waals surface area contributed by atoms with Crippen LogP contribution >= 0.6 is 0 Å². The highest BCUT2D eigenvalue weighted by Crippen LogP contribution is 2.21. The Morgan fingerprint density at radius 1 is 1.17 bits per heavy atom. The number of hydrogen-bond acceptors (Lipinski definition) is 2. The fourth-order valence-corrected chi connectivity index (χ4v) is 2.16. The van der Waals surface area contributed by atoms with Crippen LogP contribution in [0.2, 0.25) is 0 Å². The molecule has 2 rings (SSSR count). The second kappa shape index (κ2) is 5.74. The zero-order chi connectivity index (χ0) is 13.0. The van der Waals surface area contributed by atoms with Gasteiger partial charge in [-0.2, -0.15) is 0 Å². The third-order valence-corrected chi connectivity index (χ3v) is 3.05. The molecule has 0 fully saturated rings. The van der Waals surface area contributed by atoms with E-state index in [1.165, 1.54) is 16.8 Å². The quantitative estimate of drug-likeness (QED) is 0.794. The number of nitrogens with one attached hydrogen (secondary N) is 1. The van der Waals surface area contributed by atoms with E-state index in [9.17, 15) is 0 Å². The Morgan fingerprint density at radius 3 is 2.56 bits per heavy atom. The molecule has 0 atom stereocenters. The van der Waals surface area contributed by atoms with Crippen LogP contribution in [-0.2, 0) is 0 Å². The Bertz CT molecular complexity index is 497. The van der Waals surface area contributed by atoms with Crippen LogP contribution in [0.3, 0.4) is 0 Å². The first-order valence-corrected chi connectivity index (χ1v) is 6.31. The lowest BCUT2D eigenvalue weighted by atomic mass is 10.1. The molecule has 3 heteroatoms. The van der Waals surface area contributed by atoms with Crippen molar-refractivity contribution >= 4 is 5.69 Å². The van der Waals surface area contributed by atoms with Crippen LogP contribution < -0.4 is 5.32 Å². The number of para-hydroxylation sites is 1. The predicted molar refractivity (Wildman–Crippen MR) is 75.4 cm³/mol. The van der Waals surface area contributed by atoms with E-state index in [0.717, 1.165) is 18.7 Å². The third kappa shape index (κ3) is 2.74. The molecule has 0 radical (unpaired) electrons. The zero-order valence-electron chi connectivity index (χ0n) is 11.0. The number of rotatable bonds is 5. The number of aliphatic hydroxyl groups excluding tert-OH is 1. The molecule has 0 saturated heterocycles. The number of anilines is 1. The lowest BCUT2D eigenvalue weighted by Crippen LogP contribution is -2.02. The zero-order valence-corrected chi connectivity index (χ0v) is 11.0. The highest BCUT2D eigenvalue weighted by Gasteiger charge is 2.04. The van der Waals surface area contributed by atoms with E-state index in [4.69, 9.17) is 5.11 Å². The van der Waals surface area contributed by atoms with Gasteiger partial charge in [0.25, 0.3) is 0 Å². The molecule has 0 aliphatic rings. The number of aliphatic hydroxyl groups is 1. The van der Waals surface area contributed by atoms with Crippen LogP contribution in [0.1, 0.15) is 17.5 Å². The molecule has 0 saturated carbocycles. The number of benzene rings is 1. The Kier molecular flexibility index (Phi) is 4.05. The summed E-state index contributed by atoms with van der Waals surface area (Å²) in [5.74, 6) is 0. The summed E-state index contributed by atoms with van der Waals surface area (Å²) in [4.78, 5) is 0. The van der Waals surface area contributed by atoms with Crippen LogP contribution in [0.4, 0.5) is 5.69 Å². The van der Waals surface area contributed by atoms with Gasteiger partial charge in [0, 0.05) is 25.5 Å². The maximum absolute atomic E-state index is 8.76. The summed E-state index contributed by atoms with van der Waals surface area (Å²) in [7, 11) is 0. The van der Waals surface area contributed by atoms with E-state index in [1.54, 1.807) is 0 Å². The number of nitrogens with zero attached hydrogens (tertiary/aromatic N) is 1. The maximum atomic E-state index is 8.76. The Hall–Kier alpha value is -1.74. The molecule has 0 unspecified atom stereocenters. The van der Waals surface area contributed by atoms with Gasteiger partial charge in [0.2, 0.25) is 0 Å². The molecule has 0 aliphatic heterocycles. The Balaban J connectivity index is 2.19. The molecule has 2 N–H and O–H groups in total. The molecular weight excluding hydrogens is 224 g/mol. The largest absolute Gasteiger partial charge is 0.396 e. The van der Waals surface area contributed by atoms with Crippen LogP contribution in [-0.4, -0.2) is 22.8 Å². The van der Waals surface area contributed by atoms with Crippen LogP contribution in [0, 0.1) is 13.8 Å². The smallest absolute Gasteiger partial charge is 0.0524 e. The van der Waals surface area contributed by atoms with Crippen molar-refractivity contribution in [2.75, 3.05) is 18.5 Å². The van der Waals surface area contributed by atoms with E-state index >= 15 is 0 Å². The fraction of sp³-hybridized carbons (Fsp3) is 0.333. The lowest BCUT2D eigenvalue weighted by molar-refractivity contribution is 0.292. The van der Waals surface area contributed by atoms with Gasteiger partial charge in [-0.05, 0) is 37.5 Å². The van der Waals surface area contributed by atoms with Crippen molar-refractivity contribution in [1.29, 1.82) is 0 Å². The summed E-state index contributed by atoms with van der Waals surface area (Å²) in [6.45, 7) is 5.28. The Labute approximate surface area is 108 Å². The van der Waals surface area contributed by atoms with E-state index in [2.05, 4.69) is 60.4 Å². The average molecular weight is 244 g/mol. The van der Waals surface area contributed by atoms with Crippen molar-refractivity contribution in [3.8, 4) is 5.69 Å². The summed E-state index contributed by atoms with van der Waals surface area (Å²) in [5, 5.41) is 12.0. The van der Waals surface area contributed by atoms with Crippen molar-refractivity contribution in [3.05, 3.63) is 47.8 Å². The molecular formula is C15H20N2O. The normalized spacial score (nSPS) is 10.6. The van der Waals surface area contributed by atoms with Gasteiger partial charge in [-0.25, -0.2) is 0 Å². The van der Waals surface area contributed by atoms with Gasteiger partial charge in [0.05, 0.1) is 11.4 Å². The maximum Gasteiger partial charge on any atom is 0.0524 e. The first-order valence-electron chi connectivity index (χ1n) is 6.31. The summed E-state index contributed by atoms with van der Waals surface area (Å²) in [6.07, 6.45) is 4.93. The highest BCUT2D eigenvalue weighted by atomic mass is 16.3. The highest BCUT2D eigenvalue weighted by molar-refractivity contribution is 5.51. The minimum atomic E-state index is 0.227. The second-order valence-corrected chi connectivity index (χ2v) is 4.55. The average Bonchev–Trinajstić information content (AvgIpc) is 2.78. The molecule has 1 aromatic heterocycles. The van der Waals surface area contributed by atoms with Gasteiger partial charge < -0.3 is 15.0 Å². The molecule has 0 aliphatic carbocycles. The number of hydrogen-bond donors (Lipinski definition) is 2. The van der Waals surface area contributed by atoms with Crippen molar-refractivity contribution in [2.24, 2.45) is 0 Å². The van der Waals surface area contributed by atoms with Gasteiger partial charge >= 0.3 is 0 Å². The van der Waals surface area contributed by atoms with Gasteiger partial charge in [0.15, 0.2) is 0 Å². The molecule has 96 valence electrons. The van der Waals surface area contributed by atoms with Crippen LogP contribution in [0.15, 0.2) is 36.7 Å². The van der Waals surface area contributed by atoms with Crippen LogP contribution in [0.5, 0.6) is 0 Å². The van der Waals surface area contributed by atoms with Crippen molar-refractivity contribution in [1.82, 2.24) is 4.57 Å². The minimum Gasteiger partial charge on any atom is -0.396 e.